The van der Waals surface area contributed by atoms with Crippen molar-refractivity contribution >= 4 is 27.3 Å². The zero-order valence-corrected chi connectivity index (χ0v) is 24.6. The molecule has 0 spiro atoms. The summed E-state index contributed by atoms with van der Waals surface area (Å²) in [7, 11) is -3.83. The Kier molecular flexibility index (Phi) is 8.19. The predicted molar refractivity (Wildman–Crippen MR) is 162 cm³/mol. The van der Waals surface area contributed by atoms with Crippen LogP contribution in [0.2, 0.25) is 0 Å². The van der Waals surface area contributed by atoms with Crippen LogP contribution in [0.4, 0.5) is 11.4 Å². The maximum absolute atomic E-state index is 13.7. The van der Waals surface area contributed by atoms with Crippen LogP contribution in [0.3, 0.4) is 0 Å². The summed E-state index contributed by atoms with van der Waals surface area (Å²) in [6, 6.07) is 19.8. The molecular formula is C32H40N4O3S. The molecule has 5 rings (SSSR count). The fraction of sp³-hybridized carbons (Fsp3) is 0.406. The van der Waals surface area contributed by atoms with Crippen LogP contribution in [-0.4, -0.2) is 58.5 Å². The van der Waals surface area contributed by atoms with Crippen molar-refractivity contribution in [2.75, 3.05) is 49.1 Å². The standard InChI is InChI=1S/C32H40N4O3S/c1-23-7-6-8-28(19-23)34-13-11-26(12-14-34)21-27-22-29(25(3)20-24(27)2)32(37)36-17-15-35(16-18-36)30-9-4-5-10-31(30)40(33,38)39/h4-10,19-20,22,26H,11-18,21H2,1-3H3,(H2,33,38,39). The Hall–Kier alpha value is -3.36. The number of sulfonamides is 1. The number of piperazine rings is 1. The van der Waals surface area contributed by atoms with E-state index in [9.17, 15) is 13.2 Å². The monoisotopic (exact) mass is 560 g/mol. The van der Waals surface area contributed by atoms with E-state index in [0.29, 0.717) is 37.8 Å². The molecule has 0 radical (unpaired) electrons. The second-order valence-electron chi connectivity index (χ2n) is 11.4. The van der Waals surface area contributed by atoms with Gasteiger partial charge in [0.05, 0.1) is 5.69 Å². The second-order valence-corrected chi connectivity index (χ2v) is 12.9. The number of para-hydroxylation sites is 1. The van der Waals surface area contributed by atoms with Crippen molar-refractivity contribution in [3.63, 3.8) is 0 Å². The van der Waals surface area contributed by atoms with Gasteiger partial charge in [0.1, 0.15) is 4.90 Å². The van der Waals surface area contributed by atoms with Crippen LogP contribution in [0.25, 0.3) is 0 Å². The molecule has 0 aromatic heterocycles. The Labute approximate surface area is 238 Å². The Morgan fingerprint density at radius 3 is 2.20 bits per heavy atom. The van der Waals surface area contributed by atoms with E-state index in [1.54, 1.807) is 12.1 Å². The summed E-state index contributed by atoms with van der Waals surface area (Å²) < 4.78 is 24.1. The van der Waals surface area contributed by atoms with E-state index < -0.39 is 10.0 Å². The number of primary sulfonamides is 1. The van der Waals surface area contributed by atoms with Gasteiger partial charge in [0.15, 0.2) is 0 Å². The highest BCUT2D eigenvalue weighted by Crippen LogP contribution is 2.29. The van der Waals surface area contributed by atoms with Crippen LogP contribution < -0.4 is 14.9 Å². The lowest BCUT2D eigenvalue weighted by molar-refractivity contribution is 0.0745. The summed E-state index contributed by atoms with van der Waals surface area (Å²) in [6.07, 6.45) is 3.28. The molecule has 212 valence electrons. The lowest BCUT2D eigenvalue weighted by atomic mass is 9.86. The normalized spacial score (nSPS) is 16.9. The topological polar surface area (TPSA) is 86.9 Å². The highest BCUT2D eigenvalue weighted by Gasteiger charge is 2.27. The summed E-state index contributed by atoms with van der Waals surface area (Å²) >= 11 is 0. The van der Waals surface area contributed by atoms with Gasteiger partial charge in [-0.15, -0.1) is 0 Å². The summed E-state index contributed by atoms with van der Waals surface area (Å²) in [5, 5.41) is 5.44. The predicted octanol–water partition coefficient (Wildman–Crippen LogP) is 4.68. The van der Waals surface area contributed by atoms with Crippen molar-refractivity contribution < 1.29 is 13.2 Å². The highest BCUT2D eigenvalue weighted by molar-refractivity contribution is 7.89. The molecule has 0 atom stereocenters. The molecule has 2 saturated heterocycles. The lowest BCUT2D eigenvalue weighted by Gasteiger charge is -2.37. The number of aryl methyl sites for hydroxylation is 3. The first-order valence-corrected chi connectivity index (χ1v) is 15.7. The maximum Gasteiger partial charge on any atom is 0.254 e. The number of rotatable bonds is 6. The zero-order chi connectivity index (χ0) is 28.4. The number of piperidine rings is 1. The fourth-order valence-electron chi connectivity index (χ4n) is 6.16. The minimum absolute atomic E-state index is 0.0485. The van der Waals surface area contributed by atoms with Crippen molar-refractivity contribution in [3.8, 4) is 0 Å². The number of carbonyl (C=O) groups is 1. The molecule has 1 amide bonds. The third kappa shape index (κ3) is 6.18. The largest absolute Gasteiger partial charge is 0.372 e. The molecule has 2 fully saturated rings. The third-order valence-corrected chi connectivity index (χ3v) is 9.44. The van der Waals surface area contributed by atoms with Crippen molar-refractivity contribution in [1.82, 2.24) is 4.90 Å². The van der Waals surface area contributed by atoms with Crippen LogP contribution in [0.5, 0.6) is 0 Å². The van der Waals surface area contributed by atoms with Gasteiger partial charge in [-0.2, -0.15) is 0 Å². The SMILES string of the molecule is Cc1cccc(N2CCC(Cc3cc(C(=O)N4CCN(c5ccccc5S(N)(=O)=O)CC4)c(C)cc3C)CC2)c1. The molecule has 2 heterocycles. The first kappa shape index (κ1) is 28.2. The van der Waals surface area contributed by atoms with Gasteiger partial charge in [0.2, 0.25) is 10.0 Å². The van der Waals surface area contributed by atoms with Crippen molar-refractivity contribution in [2.24, 2.45) is 11.1 Å². The number of nitrogens with two attached hydrogens (primary N) is 1. The molecule has 7 nitrogen and oxygen atoms in total. The minimum atomic E-state index is -3.83. The molecule has 2 aliphatic rings. The Bertz CT molecular complexity index is 1490. The molecule has 0 aliphatic carbocycles. The van der Waals surface area contributed by atoms with Crippen molar-refractivity contribution in [3.05, 3.63) is 88.5 Å². The molecule has 0 saturated carbocycles. The quantitative estimate of drug-likeness (QED) is 0.473. The molecule has 0 unspecified atom stereocenters. The lowest BCUT2D eigenvalue weighted by Crippen LogP contribution is -2.49. The van der Waals surface area contributed by atoms with Gasteiger partial charge in [0.25, 0.3) is 5.91 Å². The smallest absolute Gasteiger partial charge is 0.254 e. The summed E-state index contributed by atoms with van der Waals surface area (Å²) in [6.45, 7) is 10.6. The van der Waals surface area contributed by atoms with Gasteiger partial charge in [-0.3, -0.25) is 4.79 Å². The summed E-state index contributed by atoms with van der Waals surface area (Å²) in [4.78, 5) is 20.2. The number of hydrogen-bond donors (Lipinski definition) is 1. The van der Waals surface area contributed by atoms with E-state index in [0.717, 1.165) is 43.5 Å². The first-order chi connectivity index (χ1) is 19.1. The van der Waals surface area contributed by atoms with Crippen LogP contribution in [0.15, 0.2) is 65.6 Å². The van der Waals surface area contributed by atoms with E-state index >= 15 is 0 Å². The Morgan fingerprint density at radius 1 is 0.825 bits per heavy atom. The van der Waals surface area contributed by atoms with Gasteiger partial charge in [-0.1, -0.05) is 30.3 Å². The molecule has 3 aromatic rings. The van der Waals surface area contributed by atoms with E-state index in [1.807, 2.05) is 22.8 Å². The fourth-order valence-corrected chi connectivity index (χ4v) is 6.92. The molecule has 0 bridgehead atoms. The van der Waals surface area contributed by atoms with Gasteiger partial charge in [-0.25, -0.2) is 13.6 Å². The Balaban J connectivity index is 1.23. The van der Waals surface area contributed by atoms with Crippen molar-refractivity contribution in [1.29, 1.82) is 0 Å². The number of carbonyl (C=O) groups excluding carboxylic acids is 1. The van der Waals surface area contributed by atoms with E-state index in [1.165, 1.54) is 28.4 Å². The van der Waals surface area contributed by atoms with Crippen LogP contribution in [-0.2, 0) is 16.4 Å². The number of amides is 1. The van der Waals surface area contributed by atoms with E-state index in [2.05, 4.69) is 55.1 Å². The number of hydrogen-bond acceptors (Lipinski definition) is 5. The molecule has 8 heteroatoms. The molecule has 40 heavy (non-hydrogen) atoms. The Morgan fingerprint density at radius 2 is 1.52 bits per heavy atom. The summed E-state index contributed by atoms with van der Waals surface area (Å²) in [5.74, 6) is 0.653. The molecule has 3 aromatic carbocycles. The number of anilines is 2. The minimum Gasteiger partial charge on any atom is -0.372 e. The maximum atomic E-state index is 13.7. The van der Waals surface area contributed by atoms with Crippen LogP contribution in [0.1, 0.15) is 45.5 Å². The summed E-state index contributed by atoms with van der Waals surface area (Å²) in [5.41, 5.74) is 7.49. The molecular weight excluding hydrogens is 520 g/mol. The van der Waals surface area contributed by atoms with E-state index in [4.69, 9.17) is 5.14 Å². The average molecular weight is 561 g/mol. The van der Waals surface area contributed by atoms with Crippen LogP contribution in [0, 0.1) is 26.7 Å². The van der Waals surface area contributed by atoms with Gasteiger partial charge in [0, 0.05) is 50.5 Å². The number of benzene rings is 3. The molecule has 2 N–H and O–H groups in total. The van der Waals surface area contributed by atoms with Gasteiger partial charge < -0.3 is 14.7 Å². The third-order valence-electron chi connectivity index (χ3n) is 8.48. The van der Waals surface area contributed by atoms with Crippen molar-refractivity contribution in [2.45, 2.75) is 44.9 Å². The van der Waals surface area contributed by atoms with Gasteiger partial charge >= 0.3 is 0 Å². The first-order valence-electron chi connectivity index (χ1n) is 14.2. The van der Waals surface area contributed by atoms with E-state index in [-0.39, 0.29) is 10.8 Å². The molecule has 2 aliphatic heterocycles. The zero-order valence-electron chi connectivity index (χ0n) is 23.8. The van der Waals surface area contributed by atoms with Gasteiger partial charge in [-0.05, 0) is 98.5 Å². The highest BCUT2D eigenvalue weighted by atomic mass is 32.2. The van der Waals surface area contributed by atoms with Crippen LogP contribution >= 0.6 is 0 Å². The number of nitrogens with zero attached hydrogens (tertiary/aromatic N) is 3. The average Bonchev–Trinajstić information content (AvgIpc) is 2.94. The second kappa shape index (κ2) is 11.6.